The molecule has 6 nitrogen and oxygen atoms in total. The lowest BCUT2D eigenvalue weighted by Crippen LogP contribution is -2.14. The van der Waals surface area contributed by atoms with Gasteiger partial charge in [0.25, 0.3) is 5.91 Å². The van der Waals surface area contributed by atoms with E-state index in [0.717, 1.165) is 6.20 Å². The van der Waals surface area contributed by atoms with E-state index in [-0.39, 0.29) is 11.3 Å². The van der Waals surface area contributed by atoms with Gasteiger partial charge in [-0.05, 0) is 34.1 Å². The fourth-order valence-electron chi connectivity index (χ4n) is 1.90. The van der Waals surface area contributed by atoms with Crippen LogP contribution in [0.1, 0.15) is 10.4 Å². The predicted octanol–water partition coefficient (Wildman–Crippen LogP) is 2.41. The maximum absolute atomic E-state index is 13.5. The van der Waals surface area contributed by atoms with Crippen LogP contribution in [0.15, 0.2) is 39.9 Å². The molecule has 0 aliphatic heterocycles. The molecule has 0 radical (unpaired) electrons. The fraction of sp³-hybridized carbons (Fsp3) is 0. The first-order valence-corrected chi connectivity index (χ1v) is 6.66. The summed E-state index contributed by atoms with van der Waals surface area (Å²) >= 11 is 3.29. The summed E-state index contributed by atoms with van der Waals surface area (Å²) in [6.45, 7) is 0. The summed E-state index contributed by atoms with van der Waals surface area (Å²) < 4.78 is 14.1. The lowest BCUT2D eigenvalue weighted by molar-refractivity contribution is 0.102. The molecule has 0 unspecified atom stereocenters. The smallest absolute Gasteiger partial charge is 0.321 e. The van der Waals surface area contributed by atoms with Crippen molar-refractivity contribution in [3.63, 3.8) is 0 Å². The van der Waals surface area contributed by atoms with Crippen molar-refractivity contribution in [2.45, 2.75) is 0 Å². The minimum absolute atomic E-state index is 0.112. The average Bonchev–Trinajstić information content (AvgIpc) is 2.78. The molecule has 0 aliphatic rings. The molecule has 21 heavy (non-hydrogen) atoms. The average molecular weight is 351 g/mol. The number of carbonyl (C=O) groups excluding carboxylic acids is 1. The van der Waals surface area contributed by atoms with Crippen molar-refractivity contribution < 1.29 is 9.18 Å². The molecule has 0 spiro atoms. The normalized spacial score (nSPS) is 10.8. The number of halogens is 2. The molecule has 2 aromatic heterocycles. The van der Waals surface area contributed by atoms with Crippen LogP contribution in [0.4, 0.5) is 10.1 Å². The van der Waals surface area contributed by atoms with E-state index >= 15 is 0 Å². The molecule has 1 aromatic carbocycles. The van der Waals surface area contributed by atoms with E-state index < -0.39 is 11.7 Å². The molecular formula is C13H8BrFN4O2. The number of pyridine rings is 1. The number of carbonyl (C=O) groups is 1. The van der Waals surface area contributed by atoms with E-state index in [1.807, 2.05) is 0 Å². The van der Waals surface area contributed by atoms with E-state index in [2.05, 4.69) is 36.2 Å². The van der Waals surface area contributed by atoms with Gasteiger partial charge in [-0.2, -0.15) is 0 Å². The summed E-state index contributed by atoms with van der Waals surface area (Å²) in [5.41, 5.74) is 1.09. The van der Waals surface area contributed by atoms with Gasteiger partial charge in [0.1, 0.15) is 0 Å². The van der Waals surface area contributed by atoms with Gasteiger partial charge < -0.3 is 15.3 Å². The summed E-state index contributed by atoms with van der Waals surface area (Å²) in [5.74, 6) is -1.31. The first-order chi connectivity index (χ1) is 10.0. The maximum Gasteiger partial charge on any atom is 0.323 e. The Labute approximate surface area is 125 Å². The lowest BCUT2D eigenvalue weighted by Gasteiger charge is -2.08. The number of aromatic amines is 2. The number of fused-ring (bicyclic) bond motifs is 1. The summed E-state index contributed by atoms with van der Waals surface area (Å²) in [4.78, 5) is 32.0. The molecule has 3 aromatic rings. The number of anilines is 1. The predicted molar refractivity (Wildman–Crippen MR) is 78.8 cm³/mol. The Hall–Kier alpha value is -2.48. The molecule has 3 N–H and O–H groups in total. The molecule has 0 atom stereocenters. The van der Waals surface area contributed by atoms with Crippen LogP contribution in [-0.2, 0) is 0 Å². The molecule has 0 aliphatic carbocycles. The number of aromatic nitrogens is 3. The molecule has 0 bridgehead atoms. The molecule has 106 valence electrons. The number of nitrogens with one attached hydrogen (secondary N) is 3. The number of hydrogen-bond donors (Lipinski definition) is 3. The fourth-order valence-corrected chi connectivity index (χ4v) is 2.34. The highest BCUT2D eigenvalue weighted by molar-refractivity contribution is 9.10. The molecule has 0 fully saturated rings. The number of rotatable bonds is 2. The van der Waals surface area contributed by atoms with Crippen molar-refractivity contribution in [1.29, 1.82) is 0 Å². The number of H-pyrrole nitrogens is 2. The van der Waals surface area contributed by atoms with Crippen molar-refractivity contribution in [1.82, 2.24) is 15.0 Å². The number of nitrogens with zero attached hydrogens (tertiary/aromatic N) is 1. The van der Waals surface area contributed by atoms with Gasteiger partial charge in [0.15, 0.2) is 5.82 Å². The Morgan fingerprint density at radius 1 is 1.29 bits per heavy atom. The number of amides is 1. The minimum Gasteiger partial charge on any atom is -0.321 e. The molecule has 0 saturated carbocycles. The van der Waals surface area contributed by atoms with Gasteiger partial charge in [-0.25, -0.2) is 9.18 Å². The van der Waals surface area contributed by atoms with Crippen molar-refractivity contribution >= 4 is 38.6 Å². The quantitative estimate of drug-likeness (QED) is 0.662. The number of hydrogen-bond acceptors (Lipinski definition) is 3. The molecule has 3 rings (SSSR count). The number of imidazole rings is 1. The van der Waals surface area contributed by atoms with Crippen LogP contribution in [0, 0.1) is 5.82 Å². The van der Waals surface area contributed by atoms with Crippen molar-refractivity contribution in [2.24, 2.45) is 0 Å². The van der Waals surface area contributed by atoms with Crippen molar-refractivity contribution in [3.8, 4) is 0 Å². The summed E-state index contributed by atoms with van der Waals surface area (Å²) in [6.07, 6.45) is 2.30. The monoisotopic (exact) mass is 350 g/mol. The van der Waals surface area contributed by atoms with Gasteiger partial charge in [0.05, 0.1) is 28.5 Å². The Morgan fingerprint density at radius 2 is 2.00 bits per heavy atom. The number of benzene rings is 1. The lowest BCUT2D eigenvalue weighted by atomic mass is 10.2. The Bertz CT molecular complexity index is 903. The van der Waals surface area contributed by atoms with Gasteiger partial charge in [-0.1, -0.05) is 0 Å². The van der Waals surface area contributed by atoms with Crippen LogP contribution >= 0.6 is 15.9 Å². The Kier molecular flexibility index (Phi) is 3.30. The highest BCUT2D eigenvalue weighted by atomic mass is 79.9. The second-order valence-corrected chi connectivity index (χ2v) is 5.12. The molecule has 0 saturated heterocycles. The summed E-state index contributed by atoms with van der Waals surface area (Å²) in [7, 11) is 0. The van der Waals surface area contributed by atoms with Crippen LogP contribution in [0.25, 0.3) is 11.0 Å². The van der Waals surface area contributed by atoms with Gasteiger partial charge in [0.2, 0.25) is 0 Å². The Balaban J connectivity index is 1.98. The minimum atomic E-state index is -0.706. The third-order valence-corrected chi connectivity index (χ3v) is 3.52. The van der Waals surface area contributed by atoms with Gasteiger partial charge >= 0.3 is 5.69 Å². The van der Waals surface area contributed by atoms with Crippen molar-refractivity contribution in [3.05, 3.63) is 56.9 Å². The van der Waals surface area contributed by atoms with Crippen LogP contribution in [-0.4, -0.2) is 20.9 Å². The van der Waals surface area contributed by atoms with E-state index in [1.165, 1.54) is 12.3 Å². The highest BCUT2D eigenvalue weighted by Gasteiger charge is 2.14. The second kappa shape index (κ2) is 5.13. The zero-order valence-electron chi connectivity index (χ0n) is 10.4. The standard InChI is InChI=1S/C13H8BrFN4O2/c14-7-3-10-11(19-13(21)18-10)4-9(7)17-12(20)6-1-2-16-5-8(6)15/h1-5H,(H,17,20)(H2,18,19,21). The molecular weight excluding hydrogens is 343 g/mol. The zero-order valence-corrected chi connectivity index (χ0v) is 12.0. The van der Waals surface area contributed by atoms with Crippen LogP contribution in [0.3, 0.4) is 0 Å². The maximum atomic E-state index is 13.5. The van der Waals surface area contributed by atoms with Gasteiger partial charge in [-0.3, -0.25) is 9.78 Å². The summed E-state index contributed by atoms with van der Waals surface area (Å²) in [5, 5.41) is 2.58. The summed E-state index contributed by atoms with van der Waals surface area (Å²) in [6, 6.07) is 4.51. The zero-order chi connectivity index (χ0) is 15.0. The SMILES string of the molecule is O=C(Nc1cc2[nH]c(=O)[nH]c2cc1Br)c1ccncc1F. The van der Waals surface area contributed by atoms with Crippen LogP contribution in [0.5, 0.6) is 0 Å². The Morgan fingerprint density at radius 3 is 2.71 bits per heavy atom. The van der Waals surface area contributed by atoms with Crippen molar-refractivity contribution in [2.75, 3.05) is 5.32 Å². The topological polar surface area (TPSA) is 90.6 Å². The van der Waals surface area contributed by atoms with Crippen LogP contribution in [0.2, 0.25) is 0 Å². The van der Waals surface area contributed by atoms with E-state index in [9.17, 15) is 14.0 Å². The van der Waals surface area contributed by atoms with E-state index in [1.54, 1.807) is 12.1 Å². The van der Waals surface area contributed by atoms with E-state index in [0.29, 0.717) is 21.2 Å². The third kappa shape index (κ3) is 2.57. The first kappa shape index (κ1) is 13.5. The second-order valence-electron chi connectivity index (χ2n) is 4.27. The largest absolute Gasteiger partial charge is 0.323 e. The highest BCUT2D eigenvalue weighted by Crippen LogP contribution is 2.27. The molecule has 1 amide bonds. The van der Waals surface area contributed by atoms with Crippen LogP contribution < -0.4 is 11.0 Å². The first-order valence-electron chi connectivity index (χ1n) is 5.87. The van der Waals surface area contributed by atoms with Gasteiger partial charge in [-0.15, -0.1) is 0 Å². The molecule has 8 heteroatoms. The van der Waals surface area contributed by atoms with Gasteiger partial charge in [0, 0.05) is 10.7 Å². The van der Waals surface area contributed by atoms with E-state index in [4.69, 9.17) is 0 Å². The molecule has 2 heterocycles. The third-order valence-electron chi connectivity index (χ3n) is 2.87.